The number of ether oxygens (including phenoxy) is 1. The fourth-order valence-electron chi connectivity index (χ4n) is 4.49. The molecule has 2 aliphatic heterocycles. The summed E-state index contributed by atoms with van der Waals surface area (Å²) in [7, 11) is 0. The predicted octanol–water partition coefficient (Wildman–Crippen LogP) is 4.85. The number of benzene rings is 3. The van der Waals surface area contributed by atoms with E-state index in [2.05, 4.69) is 53.5 Å². The van der Waals surface area contributed by atoms with Gasteiger partial charge in [0.2, 0.25) is 0 Å². The van der Waals surface area contributed by atoms with Gasteiger partial charge in [0.15, 0.2) is 0 Å². The Morgan fingerprint density at radius 3 is 2.32 bits per heavy atom. The summed E-state index contributed by atoms with van der Waals surface area (Å²) in [5.41, 5.74) is 4.98. The quantitative estimate of drug-likeness (QED) is 0.664. The van der Waals surface area contributed by atoms with Crippen LogP contribution in [0.5, 0.6) is 0 Å². The summed E-state index contributed by atoms with van der Waals surface area (Å²) >= 11 is 0. The van der Waals surface area contributed by atoms with Gasteiger partial charge in [0.05, 0.1) is 24.8 Å². The molecule has 2 heterocycles. The van der Waals surface area contributed by atoms with Crippen LogP contribution in [0.4, 0.5) is 11.4 Å². The number of para-hydroxylation sites is 1. The van der Waals surface area contributed by atoms with Crippen LogP contribution in [0.25, 0.3) is 0 Å². The summed E-state index contributed by atoms with van der Waals surface area (Å²) in [5.74, 6) is 0.0490. The number of rotatable bonds is 4. The molecule has 1 saturated heterocycles. The van der Waals surface area contributed by atoms with Crippen molar-refractivity contribution < 1.29 is 9.53 Å². The first-order valence-corrected chi connectivity index (χ1v) is 10.9. The van der Waals surface area contributed by atoms with E-state index in [9.17, 15) is 4.79 Å². The second-order valence-corrected chi connectivity index (χ2v) is 8.08. The first-order chi connectivity index (χ1) is 15.2. The molecule has 0 spiro atoms. The highest BCUT2D eigenvalue weighted by molar-refractivity contribution is 6.02. The first-order valence-electron chi connectivity index (χ1n) is 10.9. The molecule has 0 aliphatic carbocycles. The van der Waals surface area contributed by atoms with Crippen molar-refractivity contribution in [1.82, 2.24) is 4.90 Å². The van der Waals surface area contributed by atoms with Gasteiger partial charge in [-0.3, -0.25) is 4.79 Å². The lowest BCUT2D eigenvalue weighted by Gasteiger charge is -2.42. The molecule has 5 nitrogen and oxygen atoms in total. The van der Waals surface area contributed by atoms with Crippen LogP contribution >= 0.6 is 0 Å². The number of morpholine rings is 1. The minimum absolute atomic E-state index is 0.0490. The van der Waals surface area contributed by atoms with Crippen molar-refractivity contribution in [2.45, 2.75) is 19.1 Å². The lowest BCUT2D eigenvalue weighted by atomic mass is 9.98. The number of nitrogens with zero attached hydrogens (tertiary/aromatic N) is 2. The Bertz CT molecular complexity index is 1050. The number of hydrogen-bond acceptors (Lipinski definition) is 4. The highest BCUT2D eigenvalue weighted by atomic mass is 16.5. The maximum atomic E-state index is 13.6. The van der Waals surface area contributed by atoms with E-state index in [4.69, 9.17) is 4.74 Å². The summed E-state index contributed by atoms with van der Waals surface area (Å²) in [6, 6.07) is 26.5. The molecule has 0 bridgehead atoms. The summed E-state index contributed by atoms with van der Waals surface area (Å²) in [5, 5.41) is 3.61. The third kappa shape index (κ3) is 3.77. The van der Waals surface area contributed by atoms with Gasteiger partial charge in [-0.05, 0) is 42.3 Å². The molecule has 0 saturated carbocycles. The third-order valence-electron chi connectivity index (χ3n) is 6.25. The van der Waals surface area contributed by atoms with E-state index in [-0.39, 0.29) is 18.1 Å². The molecule has 3 aromatic rings. The van der Waals surface area contributed by atoms with Crippen LogP contribution in [0.1, 0.15) is 40.6 Å². The average Bonchev–Trinajstić information content (AvgIpc) is 2.85. The number of amides is 1. The molecule has 0 radical (unpaired) electrons. The van der Waals surface area contributed by atoms with Crippen molar-refractivity contribution >= 4 is 17.3 Å². The lowest BCUT2D eigenvalue weighted by Crippen LogP contribution is -2.44. The summed E-state index contributed by atoms with van der Waals surface area (Å²) in [6.45, 7) is 5.44. The van der Waals surface area contributed by atoms with Gasteiger partial charge < -0.3 is 19.9 Å². The monoisotopic (exact) mass is 413 g/mol. The largest absolute Gasteiger partial charge is 0.378 e. The van der Waals surface area contributed by atoms with Crippen LogP contribution in [0.2, 0.25) is 0 Å². The standard InChI is InChI=1S/C26H27N3O2/c1-19(20-7-3-2-4-8-20)29-25(27-24-10-6-5-9-23(24)26(29)30)21-11-13-22(14-12-21)28-15-17-31-18-16-28/h2-14,19,25,27H,15-18H2,1H3. The average molecular weight is 414 g/mol. The van der Waals surface area contributed by atoms with E-state index in [1.54, 1.807) is 0 Å². The molecule has 2 aliphatic rings. The van der Waals surface area contributed by atoms with Gasteiger partial charge in [0.25, 0.3) is 5.91 Å². The van der Waals surface area contributed by atoms with Crippen molar-refractivity contribution in [2.24, 2.45) is 0 Å². The van der Waals surface area contributed by atoms with Crippen molar-refractivity contribution in [1.29, 1.82) is 0 Å². The van der Waals surface area contributed by atoms with Crippen molar-refractivity contribution in [3.63, 3.8) is 0 Å². The molecule has 5 heteroatoms. The van der Waals surface area contributed by atoms with Crippen LogP contribution in [0.15, 0.2) is 78.9 Å². The van der Waals surface area contributed by atoms with Crippen LogP contribution in [0.3, 0.4) is 0 Å². The molecule has 2 unspecified atom stereocenters. The highest BCUT2D eigenvalue weighted by Gasteiger charge is 2.36. The molecule has 0 aromatic heterocycles. The van der Waals surface area contributed by atoms with Crippen molar-refractivity contribution in [3.8, 4) is 0 Å². The maximum Gasteiger partial charge on any atom is 0.258 e. The fourth-order valence-corrected chi connectivity index (χ4v) is 4.49. The van der Waals surface area contributed by atoms with E-state index in [0.29, 0.717) is 5.56 Å². The van der Waals surface area contributed by atoms with Gasteiger partial charge in [-0.15, -0.1) is 0 Å². The second kappa shape index (κ2) is 8.44. The summed E-state index contributed by atoms with van der Waals surface area (Å²) in [6.07, 6.45) is -0.239. The molecular formula is C26H27N3O2. The molecule has 3 aromatic carbocycles. The van der Waals surface area contributed by atoms with Crippen molar-refractivity contribution in [2.75, 3.05) is 36.5 Å². The number of fused-ring (bicyclic) bond motifs is 1. The Hall–Kier alpha value is -3.31. The van der Waals surface area contributed by atoms with Crippen LogP contribution < -0.4 is 10.2 Å². The number of nitrogens with one attached hydrogen (secondary N) is 1. The Labute approximate surface area is 183 Å². The molecule has 158 valence electrons. The zero-order valence-corrected chi connectivity index (χ0v) is 17.7. The molecule has 5 rings (SSSR count). The van der Waals surface area contributed by atoms with Gasteiger partial charge in [0.1, 0.15) is 6.17 Å². The smallest absolute Gasteiger partial charge is 0.258 e. The topological polar surface area (TPSA) is 44.8 Å². The minimum atomic E-state index is -0.239. The van der Waals surface area contributed by atoms with Crippen molar-refractivity contribution in [3.05, 3.63) is 95.6 Å². The van der Waals surface area contributed by atoms with Gasteiger partial charge >= 0.3 is 0 Å². The SMILES string of the molecule is CC(c1ccccc1)N1C(=O)c2ccccc2NC1c1ccc(N2CCOCC2)cc1. The van der Waals surface area contributed by atoms with Gasteiger partial charge in [0, 0.05) is 24.5 Å². The number of hydrogen-bond donors (Lipinski definition) is 1. The molecular weight excluding hydrogens is 386 g/mol. The van der Waals surface area contributed by atoms with Gasteiger partial charge in [-0.2, -0.15) is 0 Å². The number of carbonyl (C=O) groups is 1. The Balaban J connectivity index is 1.50. The highest BCUT2D eigenvalue weighted by Crippen LogP contribution is 2.39. The lowest BCUT2D eigenvalue weighted by molar-refractivity contribution is 0.0596. The molecule has 2 atom stereocenters. The normalized spacial score (nSPS) is 19.5. The van der Waals surface area contributed by atoms with Crippen LogP contribution in [-0.4, -0.2) is 37.1 Å². The number of anilines is 2. The fraction of sp³-hybridized carbons (Fsp3) is 0.269. The summed E-state index contributed by atoms with van der Waals surface area (Å²) in [4.78, 5) is 17.9. The summed E-state index contributed by atoms with van der Waals surface area (Å²) < 4.78 is 5.47. The zero-order valence-electron chi connectivity index (χ0n) is 17.7. The van der Waals surface area contributed by atoms with E-state index < -0.39 is 0 Å². The van der Waals surface area contributed by atoms with Crippen LogP contribution in [-0.2, 0) is 4.74 Å². The maximum absolute atomic E-state index is 13.6. The minimum Gasteiger partial charge on any atom is -0.378 e. The van der Waals surface area contributed by atoms with Gasteiger partial charge in [-0.25, -0.2) is 0 Å². The Kier molecular flexibility index (Phi) is 5.35. The van der Waals surface area contributed by atoms with E-state index in [0.717, 1.165) is 43.1 Å². The Morgan fingerprint density at radius 2 is 1.58 bits per heavy atom. The van der Waals surface area contributed by atoms with E-state index in [1.807, 2.05) is 47.4 Å². The molecule has 1 fully saturated rings. The third-order valence-corrected chi connectivity index (χ3v) is 6.25. The van der Waals surface area contributed by atoms with Crippen LogP contribution in [0, 0.1) is 0 Å². The zero-order chi connectivity index (χ0) is 21.2. The molecule has 1 amide bonds. The Morgan fingerprint density at radius 1 is 0.903 bits per heavy atom. The second-order valence-electron chi connectivity index (χ2n) is 8.08. The predicted molar refractivity (Wildman–Crippen MR) is 123 cm³/mol. The van der Waals surface area contributed by atoms with E-state index >= 15 is 0 Å². The first kappa shape index (κ1) is 19.6. The van der Waals surface area contributed by atoms with Gasteiger partial charge in [-0.1, -0.05) is 54.6 Å². The molecule has 1 N–H and O–H groups in total. The molecule has 31 heavy (non-hydrogen) atoms. The van der Waals surface area contributed by atoms with E-state index in [1.165, 1.54) is 5.69 Å². The number of carbonyl (C=O) groups excluding carboxylic acids is 1.